The Morgan fingerprint density at radius 1 is 0.847 bits per heavy atom. The molecule has 14 heteroatoms. The first-order valence-corrected chi connectivity index (χ1v) is 21.2. The number of nitrogens with one attached hydrogen (secondary N) is 4. The van der Waals surface area contributed by atoms with E-state index in [9.17, 15) is 19.2 Å². The van der Waals surface area contributed by atoms with Gasteiger partial charge in [-0.3, -0.25) is 29.1 Å². The number of halogens is 2. The largest absolute Gasteiger partial charge is 0.374 e. The van der Waals surface area contributed by atoms with E-state index in [2.05, 4.69) is 36.1 Å². The lowest BCUT2D eigenvalue weighted by Gasteiger charge is -2.41. The number of rotatable bonds is 11. The highest BCUT2D eigenvalue weighted by molar-refractivity contribution is 6.01. The van der Waals surface area contributed by atoms with Crippen LogP contribution in [0.25, 0.3) is 16.9 Å². The molecular formula is C45H52F2N8O4. The molecule has 4 heterocycles. The molecule has 3 amide bonds. The number of carbonyl (C=O) groups is 3. The van der Waals surface area contributed by atoms with Gasteiger partial charge < -0.3 is 20.9 Å². The second-order valence-corrected chi connectivity index (χ2v) is 16.7. The number of piperidine rings is 2. The lowest BCUT2D eigenvalue weighted by atomic mass is 9.82. The highest BCUT2D eigenvalue weighted by Crippen LogP contribution is 2.36. The van der Waals surface area contributed by atoms with E-state index < -0.39 is 11.9 Å². The SMILES string of the molecule is O=C1CCC(Nc2ccc(C3CCN(C4CCC(CNC(=O)C5CCCC(Nc6ncc(F)c(-c7cccc(-n8ccccc8=O)c7)n6)C5)CC4)CC3)c(F)c2)C(=O)N1. The number of aromatic nitrogens is 3. The predicted octanol–water partition coefficient (Wildman–Crippen LogP) is 6.32. The zero-order chi connectivity index (χ0) is 40.9. The van der Waals surface area contributed by atoms with Gasteiger partial charge in [0.1, 0.15) is 17.6 Å². The Morgan fingerprint density at radius 3 is 2.46 bits per heavy atom. The summed E-state index contributed by atoms with van der Waals surface area (Å²) in [5, 5.41) is 12.0. The Morgan fingerprint density at radius 2 is 1.68 bits per heavy atom. The van der Waals surface area contributed by atoms with E-state index in [4.69, 9.17) is 0 Å². The molecule has 2 saturated carbocycles. The monoisotopic (exact) mass is 806 g/mol. The fraction of sp³-hybridized carbons (Fsp3) is 0.467. The summed E-state index contributed by atoms with van der Waals surface area (Å²) in [7, 11) is 0. The van der Waals surface area contributed by atoms with Gasteiger partial charge in [-0.25, -0.2) is 18.7 Å². The van der Waals surface area contributed by atoms with Gasteiger partial charge in [0.15, 0.2) is 5.82 Å². The first kappa shape index (κ1) is 40.3. The third-order valence-corrected chi connectivity index (χ3v) is 12.8. The highest BCUT2D eigenvalue weighted by atomic mass is 19.1. The van der Waals surface area contributed by atoms with Gasteiger partial charge in [-0.1, -0.05) is 30.7 Å². The fourth-order valence-corrected chi connectivity index (χ4v) is 9.48. The van der Waals surface area contributed by atoms with Crippen molar-refractivity contribution in [1.29, 1.82) is 0 Å². The summed E-state index contributed by atoms with van der Waals surface area (Å²) >= 11 is 0. The number of nitrogens with zero attached hydrogens (tertiary/aromatic N) is 4. The zero-order valence-corrected chi connectivity index (χ0v) is 33.2. The summed E-state index contributed by atoms with van der Waals surface area (Å²) in [4.78, 5) is 60.6. The first-order chi connectivity index (χ1) is 28.7. The van der Waals surface area contributed by atoms with Crippen LogP contribution >= 0.6 is 0 Å². The molecule has 12 nitrogen and oxygen atoms in total. The molecule has 0 radical (unpaired) electrons. The molecule has 2 aliphatic heterocycles. The molecule has 4 fully saturated rings. The van der Waals surface area contributed by atoms with Crippen LogP contribution < -0.4 is 26.8 Å². The minimum atomic E-state index is -0.563. The van der Waals surface area contributed by atoms with E-state index in [1.54, 1.807) is 42.6 Å². The smallest absolute Gasteiger partial charge is 0.255 e. The molecule has 8 rings (SSSR count). The Kier molecular flexibility index (Phi) is 12.4. The van der Waals surface area contributed by atoms with Gasteiger partial charge in [-0.05, 0) is 125 Å². The van der Waals surface area contributed by atoms with Crippen molar-refractivity contribution in [2.75, 3.05) is 30.3 Å². The van der Waals surface area contributed by atoms with Crippen molar-refractivity contribution in [3.05, 3.63) is 101 Å². The number of imide groups is 1. The summed E-state index contributed by atoms with van der Waals surface area (Å²) in [6.45, 7) is 2.53. The van der Waals surface area contributed by atoms with Gasteiger partial charge in [0.25, 0.3) is 5.56 Å². The number of hydrogen-bond acceptors (Lipinski definition) is 9. The number of anilines is 2. The van der Waals surface area contributed by atoms with E-state index in [-0.39, 0.29) is 59.1 Å². The molecule has 3 unspecified atom stereocenters. The molecule has 3 atom stereocenters. The van der Waals surface area contributed by atoms with E-state index in [0.29, 0.717) is 54.2 Å². The molecule has 4 aliphatic rings. The average Bonchev–Trinajstić information content (AvgIpc) is 3.25. The van der Waals surface area contributed by atoms with Crippen LogP contribution in [-0.4, -0.2) is 74.9 Å². The second kappa shape index (κ2) is 18.2. The van der Waals surface area contributed by atoms with Crippen molar-refractivity contribution >= 4 is 29.4 Å². The third-order valence-electron chi connectivity index (χ3n) is 12.8. The van der Waals surface area contributed by atoms with Crippen molar-refractivity contribution in [2.45, 2.75) is 101 Å². The number of carbonyl (C=O) groups excluding carboxylic acids is 3. The molecule has 4 N–H and O–H groups in total. The van der Waals surface area contributed by atoms with Crippen LogP contribution in [0.2, 0.25) is 0 Å². The Bertz CT molecular complexity index is 2220. The molecule has 2 aromatic carbocycles. The fourth-order valence-electron chi connectivity index (χ4n) is 9.48. The van der Waals surface area contributed by atoms with Gasteiger partial charge in [0, 0.05) is 60.2 Å². The summed E-state index contributed by atoms with van der Waals surface area (Å²) < 4.78 is 31.8. The van der Waals surface area contributed by atoms with Gasteiger partial charge in [-0.15, -0.1) is 0 Å². The molecule has 2 aliphatic carbocycles. The minimum absolute atomic E-state index is 0.0236. The van der Waals surface area contributed by atoms with Crippen molar-refractivity contribution in [3.8, 4) is 16.9 Å². The zero-order valence-electron chi connectivity index (χ0n) is 33.2. The minimum Gasteiger partial charge on any atom is -0.374 e. The average molecular weight is 807 g/mol. The van der Waals surface area contributed by atoms with E-state index in [1.165, 1.54) is 16.7 Å². The van der Waals surface area contributed by atoms with Crippen LogP contribution in [0.15, 0.2) is 77.9 Å². The van der Waals surface area contributed by atoms with E-state index >= 15 is 8.78 Å². The van der Waals surface area contributed by atoms with Crippen molar-refractivity contribution in [3.63, 3.8) is 0 Å². The molecule has 310 valence electrons. The van der Waals surface area contributed by atoms with Gasteiger partial charge in [0.2, 0.25) is 23.7 Å². The van der Waals surface area contributed by atoms with Crippen LogP contribution in [0.4, 0.5) is 20.4 Å². The molecular weight excluding hydrogens is 755 g/mol. The summed E-state index contributed by atoms with van der Waals surface area (Å²) in [6, 6.07) is 17.0. The molecule has 2 aromatic heterocycles. The molecule has 0 bridgehead atoms. The van der Waals surface area contributed by atoms with Gasteiger partial charge in [0.05, 0.1) is 6.20 Å². The number of benzene rings is 2. The quantitative estimate of drug-likeness (QED) is 0.128. The van der Waals surface area contributed by atoms with Gasteiger partial charge >= 0.3 is 0 Å². The molecule has 2 saturated heterocycles. The molecule has 4 aromatic rings. The normalized spacial score (nSPS) is 24.3. The Balaban J connectivity index is 0.768. The summed E-state index contributed by atoms with van der Waals surface area (Å²) in [5.74, 6) is -0.623. The van der Waals surface area contributed by atoms with Crippen molar-refractivity contribution in [2.24, 2.45) is 11.8 Å². The first-order valence-electron chi connectivity index (χ1n) is 21.2. The summed E-state index contributed by atoms with van der Waals surface area (Å²) in [5.41, 5.74) is 2.35. The maximum absolute atomic E-state index is 15.3. The van der Waals surface area contributed by atoms with Crippen LogP contribution in [0.3, 0.4) is 0 Å². The lowest BCUT2D eigenvalue weighted by Crippen LogP contribution is -2.47. The second-order valence-electron chi connectivity index (χ2n) is 16.7. The number of likely N-dealkylation sites (tertiary alicyclic amines) is 1. The lowest BCUT2D eigenvalue weighted by molar-refractivity contribution is -0.133. The Hall–Kier alpha value is -5.50. The van der Waals surface area contributed by atoms with E-state index in [0.717, 1.165) is 82.6 Å². The van der Waals surface area contributed by atoms with Crippen LogP contribution in [0.1, 0.15) is 88.5 Å². The maximum atomic E-state index is 15.3. The van der Waals surface area contributed by atoms with Crippen LogP contribution in [-0.2, 0) is 14.4 Å². The van der Waals surface area contributed by atoms with Gasteiger partial charge in [-0.2, -0.15) is 0 Å². The maximum Gasteiger partial charge on any atom is 0.255 e. The summed E-state index contributed by atoms with van der Waals surface area (Å²) in [6.07, 6.45) is 12.8. The molecule has 59 heavy (non-hydrogen) atoms. The number of amides is 3. The molecule has 0 spiro atoms. The number of hydrogen-bond donors (Lipinski definition) is 4. The van der Waals surface area contributed by atoms with Crippen molar-refractivity contribution in [1.82, 2.24) is 30.1 Å². The topological polar surface area (TPSA) is 150 Å². The predicted molar refractivity (Wildman–Crippen MR) is 221 cm³/mol. The van der Waals surface area contributed by atoms with Crippen LogP contribution in [0.5, 0.6) is 0 Å². The standard InChI is InChI=1S/C45H52F2N8O4/c46-37-25-33(50-39-16-17-40(56)52-44(39)59)12-15-36(37)29-18-21-54(22-19-29)34-13-10-28(11-14-34)26-48-43(58)31-6-3-7-32(23-31)51-45-49-27-38(47)42(53-45)30-5-4-8-35(24-30)55-20-2-1-9-41(55)57/h1-2,4-5,8-9,12,15,20,24-25,27-29,31-32,34,39,50H,3,6-7,10-11,13-14,16-19,21-23,26H2,(H,48,58)(H,49,51,53)(H,52,56,59). The van der Waals surface area contributed by atoms with Crippen LogP contribution in [0, 0.1) is 23.5 Å². The van der Waals surface area contributed by atoms with E-state index in [1.807, 2.05) is 12.1 Å². The third kappa shape index (κ3) is 9.70. The highest BCUT2D eigenvalue weighted by Gasteiger charge is 2.33. The number of pyridine rings is 1. The van der Waals surface area contributed by atoms with Crippen molar-refractivity contribution < 1.29 is 23.2 Å². The Labute approximate surface area is 342 Å².